The van der Waals surface area contributed by atoms with Gasteiger partial charge in [-0.05, 0) is 38.1 Å². The minimum atomic E-state index is -0.760. The lowest BCUT2D eigenvalue weighted by Crippen LogP contribution is -2.29. The van der Waals surface area contributed by atoms with E-state index in [0.29, 0.717) is 0 Å². The van der Waals surface area contributed by atoms with Crippen LogP contribution in [0.15, 0.2) is 36.4 Å². The Bertz CT molecular complexity index is 695. The molecule has 4 nitrogen and oxygen atoms in total. The van der Waals surface area contributed by atoms with Crippen LogP contribution in [0.25, 0.3) is 0 Å². The van der Waals surface area contributed by atoms with Gasteiger partial charge in [0.25, 0.3) is 0 Å². The zero-order valence-corrected chi connectivity index (χ0v) is 18.4. The summed E-state index contributed by atoms with van der Waals surface area (Å²) in [6, 6.07) is 12.7. The van der Waals surface area contributed by atoms with Gasteiger partial charge in [-0.15, -0.1) is 0 Å². The van der Waals surface area contributed by atoms with Gasteiger partial charge in [-0.1, -0.05) is 57.2 Å². The third-order valence-electron chi connectivity index (χ3n) is 4.18. The fourth-order valence-electron chi connectivity index (χ4n) is 3.09. The van der Waals surface area contributed by atoms with Crippen molar-refractivity contribution in [3.63, 3.8) is 0 Å². The zero-order chi connectivity index (χ0) is 20.0. The van der Waals surface area contributed by atoms with E-state index in [1.165, 1.54) is 10.6 Å². The van der Waals surface area contributed by atoms with Gasteiger partial charge >= 0.3 is 0 Å². The fourth-order valence-corrected chi connectivity index (χ4v) is 6.15. The Morgan fingerprint density at radius 3 is 1.48 bits per heavy atom. The van der Waals surface area contributed by atoms with Crippen molar-refractivity contribution in [3.05, 3.63) is 47.5 Å². The number of aryl methyl sites for hydroxylation is 2. The number of hydrogen-bond donors (Lipinski definition) is 0. The molecule has 0 amide bonds. The molecule has 0 heterocycles. The summed E-state index contributed by atoms with van der Waals surface area (Å²) in [4.78, 5) is 0. The molecular weight excluding hydrogens is 359 g/mol. The van der Waals surface area contributed by atoms with E-state index >= 15 is 0 Å². The van der Waals surface area contributed by atoms with Crippen LogP contribution in [0.4, 0.5) is 0 Å². The van der Waals surface area contributed by atoms with E-state index in [4.69, 9.17) is 18.9 Å². The molecule has 148 valence electrons. The first-order valence-corrected chi connectivity index (χ1v) is 10.4. The molecule has 0 spiro atoms. The van der Waals surface area contributed by atoms with Crippen molar-refractivity contribution in [2.75, 3.05) is 27.8 Å². The predicted molar refractivity (Wildman–Crippen MR) is 113 cm³/mol. The molecule has 0 N–H and O–H groups in total. The molecule has 0 fully saturated rings. The molecule has 0 aliphatic heterocycles. The maximum Gasteiger partial charge on any atom is 0.188 e. The van der Waals surface area contributed by atoms with Crippen LogP contribution in [0, 0.1) is 13.8 Å². The number of methoxy groups -OCH3 is 2. The van der Waals surface area contributed by atoms with Gasteiger partial charge in [0.1, 0.15) is 11.5 Å². The van der Waals surface area contributed by atoms with E-state index in [1.54, 1.807) is 14.2 Å². The highest BCUT2D eigenvalue weighted by Gasteiger charge is 2.33. The van der Waals surface area contributed by atoms with Crippen molar-refractivity contribution in [3.8, 4) is 11.5 Å². The summed E-state index contributed by atoms with van der Waals surface area (Å²) in [7, 11) is 2.52. The van der Waals surface area contributed by atoms with E-state index in [1.807, 2.05) is 0 Å². The number of rotatable bonds is 8. The summed E-state index contributed by atoms with van der Waals surface area (Å²) in [5.74, 6) is 1.80. The zero-order valence-electron chi connectivity index (χ0n) is 17.5. The van der Waals surface area contributed by atoms with Crippen LogP contribution >= 0.6 is 7.92 Å². The summed E-state index contributed by atoms with van der Waals surface area (Å²) in [5.41, 5.74) is 2.21. The maximum atomic E-state index is 5.99. The number of hydrogen-bond acceptors (Lipinski definition) is 4. The Morgan fingerprint density at radius 1 is 0.741 bits per heavy atom. The lowest BCUT2D eigenvalue weighted by Gasteiger charge is -2.35. The Balaban J connectivity index is 2.66. The maximum absolute atomic E-state index is 5.99. The molecule has 0 saturated carbocycles. The molecule has 0 radical (unpaired) electrons. The van der Waals surface area contributed by atoms with Gasteiger partial charge in [-0.2, -0.15) is 0 Å². The van der Waals surface area contributed by atoms with Crippen molar-refractivity contribution >= 4 is 18.5 Å². The quantitative estimate of drug-likeness (QED) is 0.491. The first kappa shape index (κ1) is 21.7. The van der Waals surface area contributed by atoms with Gasteiger partial charge in [0.05, 0.1) is 0 Å². The number of para-hydroxylation sites is 2. The van der Waals surface area contributed by atoms with E-state index < -0.39 is 7.92 Å². The first-order chi connectivity index (χ1) is 12.8. The molecule has 27 heavy (non-hydrogen) atoms. The Morgan fingerprint density at radius 2 is 1.15 bits per heavy atom. The fraction of sp³-hybridized carbons (Fsp3) is 0.455. The monoisotopic (exact) mass is 390 g/mol. The van der Waals surface area contributed by atoms with Crippen LogP contribution in [-0.4, -0.2) is 33.0 Å². The normalized spacial score (nSPS) is 11.7. The molecule has 2 aromatic rings. The average molecular weight is 390 g/mol. The van der Waals surface area contributed by atoms with Gasteiger partial charge in [0.15, 0.2) is 13.6 Å². The lowest BCUT2D eigenvalue weighted by atomic mass is 10.2. The highest BCUT2D eigenvalue weighted by molar-refractivity contribution is 7.74. The van der Waals surface area contributed by atoms with E-state index in [9.17, 15) is 0 Å². The number of benzene rings is 2. The first-order valence-electron chi connectivity index (χ1n) is 9.04. The topological polar surface area (TPSA) is 36.9 Å². The molecule has 0 saturated heterocycles. The van der Waals surface area contributed by atoms with Crippen molar-refractivity contribution in [2.24, 2.45) is 0 Å². The van der Waals surface area contributed by atoms with Crippen LogP contribution < -0.4 is 20.1 Å². The second-order valence-corrected chi connectivity index (χ2v) is 10.4. The molecule has 0 aliphatic carbocycles. The summed E-state index contributed by atoms with van der Waals surface area (Å²) < 4.78 is 22.3. The van der Waals surface area contributed by atoms with Gasteiger partial charge in [0.2, 0.25) is 0 Å². The standard InChI is InChI=1S/C22H31O4P/c1-16-10-8-12-18(20(16)25-14-23-6)27(22(3,4)5)19-13-9-11-17(2)21(19)26-15-24-7/h8-13H,14-15H2,1-7H3. The van der Waals surface area contributed by atoms with Crippen LogP contribution in [-0.2, 0) is 9.47 Å². The number of ether oxygens (including phenoxy) is 4. The van der Waals surface area contributed by atoms with Crippen molar-refractivity contribution in [1.29, 1.82) is 0 Å². The van der Waals surface area contributed by atoms with E-state index in [-0.39, 0.29) is 18.7 Å². The molecule has 2 rings (SSSR count). The molecule has 0 atom stereocenters. The Kier molecular flexibility index (Phi) is 7.67. The van der Waals surface area contributed by atoms with Crippen LogP contribution in [0.3, 0.4) is 0 Å². The second-order valence-electron chi connectivity index (χ2n) is 7.45. The molecule has 0 aromatic heterocycles. The second kappa shape index (κ2) is 9.54. The molecule has 5 heteroatoms. The Hall–Kier alpha value is -1.61. The van der Waals surface area contributed by atoms with Gasteiger partial charge in [-0.25, -0.2) is 0 Å². The van der Waals surface area contributed by atoms with E-state index in [0.717, 1.165) is 22.6 Å². The summed E-state index contributed by atoms with van der Waals surface area (Å²) in [6.45, 7) is 11.4. The average Bonchev–Trinajstić information content (AvgIpc) is 2.60. The summed E-state index contributed by atoms with van der Waals surface area (Å²) >= 11 is 0. The van der Waals surface area contributed by atoms with E-state index in [2.05, 4.69) is 71.0 Å². The van der Waals surface area contributed by atoms with Crippen LogP contribution in [0.5, 0.6) is 11.5 Å². The largest absolute Gasteiger partial charge is 0.467 e. The third-order valence-corrected chi connectivity index (χ3v) is 7.19. The highest BCUT2D eigenvalue weighted by atomic mass is 31.1. The predicted octanol–water partition coefficient (Wildman–Crippen LogP) is 4.50. The third kappa shape index (κ3) is 5.22. The summed E-state index contributed by atoms with van der Waals surface area (Å²) in [6.07, 6.45) is 0. The van der Waals surface area contributed by atoms with Gasteiger partial charge < -0.3 is 18.9 Å². The lowest BCUT2D eigenvalue weighted by molar-refractivity contribution is 0.0513. The molecular formula is C22H31O4P. The SMILES string of the molecule is COCOc1c(C)cccc1P(c1cccc(C)c1OCOC)C(C)(C)C. The van der Waals surface area contributed by atoms with Crippen molar-refractivity contribution in [1.82, 2.24) is 0 Å². The minimum absolute atomic E-state index is 0.00723. The molecule has 0 bridgehead atoms. The summed E-state index contributed by atoms with van der Waals surface area (Å²) in [5, 5.41) is 2.40. The van der Waals surface area contributed by atoms with Crippen molar-refractivity contribution < 1.29 is 18.9 Å². The minimum Gasteiger partial charge on any atom is -0.467 e. The Labute approximate surface area is 164 Å². The van der Waals surface area contributed by atoms with Crippen LogP contribution in [0.2, 0.25) is 0 Å². The van der Waals surface area contributed by atoms with Gasteiger partial charge in [-0.3, -0.25) is 0 Å². The molecule has 2 aromatic carbocycles. The van der Waals surface area contributed by atoms with Crippen molar-refractivity contribution in [2.45, 2.75) is 39.8 Å². The van der Waals surface area contributed by atoms with Crippen LogP contribution in [0.1, 0.15) is 31.9 Å². The smallest absolute Gasteiger partial charge is 0.188 e. The molecule has 0 aliphatic rings. The highest BCUT2D eigenvalue weighted by Crippen LogP contribution is 2.52. The molecule has 0 unspecified atom stereocenters. The van der Waals surface area contributed by atoms with Gasteiger partial charge in [0, 0.05) is 24.8 Å².